The largest absolute Gasteiger partial charge is 0.495 e. The summed E-state index contributed by atoms with van der Waals surface area (Å²) in [6.07, 6.45) is -6.35. The molecule has 1 aliphatic heterocycles. The fourth-order valence-corrected chi connectivity index (χ4v) is 9.80. The molecule has 66 heavy (non-hydrogen) atoms. The average Bonchev–Trinajstić information content (AvgIpc) is 3.91. The standard InChI is InChI=1S/C22H27N3O3S.C17H15NO4S.2C2HF3O2/c1-16-7-8-21(28-3)22(13-16)29(26,27)25-11-9-19-18(5-4-6-20(19)25)15-24-12-10-23-17(2)14-24;1-12-6-7-16(22-2)17(10-12)23(20,21)18-9-8-14-13(11-19)4-3-5-15(14)18;2*3-2(4,5)1(6)7/h4-9,11,13,17,23H,10,12,14-15H2,1-3H3;3-11H,1-2H3;2*(H,6,7). The normalized spacial score (nSPS) is 14.4. The molecule has 15 nitrogen and oxygen atoms in total. The molecule has 0 amide bonds. The van der Waals surface area contributed by atoms with Gasteiger partial charge in [0, 0.05) is 61.0 Å². The number of alkyl halides is 6. The van der Waals surface area contributed by atoms with Gasteiger partial charge in [0.15, 0.2) is 6.29 Å². The van der Waals surface area contributed by atoms with Gasteiger partial charge in [0.25, 0.3) is 20.0 Å². The van der Waals surface area contributed by atoms with E-state index < -0.39 is 44.3 Å². The number of carbonyl (C=O) groups is 3. The van der Waals surface area contributed by atoms with E-state index in [1.54, 1.807) is 60.8 Å². The molecule has 1 saturated heterocycles. The van der Waals surface area contributed by atoms with Gasteiger partial charge in [-0.05, 0) is 86.0 Å². The zero-order valence-electron chi connectivity index (χ0n) is 35.7. The number of nitrogens with zero attached hydrogens (tertiary/aromatic N) is 3. The second kappa shape index (κ2) is 21.3. The van der Waals surface area contributed by atoms with Crippen molar-refractivity contribution in [3.05, 3.63) is 120 Å². The van der Waals surface area contributed by atoms with E-state index >= 15 is 0 Å². The van der Waals surface area contributed by atoms with Gasteiger partial charge in [-0.2, -0.15) is 26.3 Å². The molecule has 0 radical (unpaired) electrons. The second-order valence-corrected chi connectivity index (χ2v) is 18.1. The summed E-state index contributed by atoms with van der Waals surface area (Å²) in [5.74, 6) is -4.88. The van der Waals surface area contributed by atoms with Crippen LogP contribution in [0.15, 0.2) is 107 Å². The van der Waals surface area contributed by atoms with E-state index in [1.165, 1.54) is 28.4 Å². The number of benzene rings is 4. The summed E-state index contributed by atoms with van der Waals surface area (Å²) in [7, 11) is -4.69. The molecule has 6 aromatic rings. The Morgan fingerprint density at radius 3 is 1.59 bits per heavy atom. The number of methoxy groups -OCH3 is 2. The summed E-state index contributed by atoms with van der Waals surface area (Å²) >= 11 is 0. The lowest BCUT2D eigenvalue weighted by Crippen LogP contribution is -2.48. The number of piperazine rings is 1. The number of aliphatic carboxylic acids is 2. The van der Waals surface area contributed by atoms with Gasteiger partial charge in [-0.15, -0.1) is 0 Å². The fraction of sp³-hybridized carbons (Fsp3) is 0.279. The molecular weight excluding hydrogens is 927 g/mol. The van der Waals surface area contributed by atoms with E-state index in [-0.39, 0.29) is 15.5 Å². The maximum Gasteiger partial charge on any atom is 0.490 e. The van der Waals surface area contributed by atoms with Crippen LogP contribution in [0.1, 0.15) is 34.0 Å². The van der Waals surface area contributed by atoms with Crippen molar-refractivity contribution in [1.82, 2.24) is 18.2 Å². The summed E-state index contributed by atoms with van der Waals surface area (Å²) in [5.41, 5.74) is 4.42. The number of carbonyl (C=O) groups excluding carboxylic acids is 1. The number of hydrogen-bond acceptors (Lipinski definition) is 11. The number of nitrogens with one attached hydrogen (secondary N) is 1. The molecule has 7 rings (SSSR count). The molecule has 1 aliphatic rings. The zero-order chi connectivity index (χ0) is 49.4. The predicted octanol–water partition coefficient (Wildman–Crippen LogP) is 7.26. The molecule has 0 spiro atoms. The van der Waals surface area contributed by atoms with Crippen LogP contribution >= 0.6 is 0 Å². The van der Waals surface area contributed by atoms with Crippen LogP contribution in [0.3, 0.4) is 0 Å². The topological polar surface area (TPSA) is 204 Å². The third-order valence-electron chi connectivity index (χ3n) is 9.69. The maximum absolute atomic E-state index is 13.4. The Morgan fingerprint density at radius 1 is 0.727 bits per heavy atom. The molecule has 1 unspecified atom stereocenters. The van der Waals surface area contributed by atoms with Gasteiger partial charge in [0.2, 0.25) is 0 Å². The number of aryl methyl sites for hydroxylation is 2. The SMILES string of the molecule is COc1ccc(C)cc1S(=O)(=O)n1ccc2c(C=O)cccc21.COc1ccc(C)cc1S(=O)(=O)n1ccc2c(CN3CCNC(C)C3)cccc21.O=C(O)C(F)(F)F.O=C(O)C(F)(F)F. The van der Waals surface area contributed by atoms with Crippen molar-refractivity contribution >= 4 is 60.1 Å². The monoisotopic (exact) mass is 970 g/mol. The summed E-state index contributed by atoms with van der Waals surface area (Å²) < 4.78 is 129. The van der Waals surface area contributed by atoms with Crippen LogP contribution in [0, 0.1) is 13.8 Å². The second-order valence-electron chi connectivity index (χ2n) is 14.5. The average molecular weight is 971 g/mol. The number of aldehydes is 1. The first-order valence-electron chi connectivity index (χ1n) is 19.3. The molecule has 3 N–H and O–H groups in total. The first-order chi connectivity index (χ1) is 30.8. The Bertz CT molecular complexity index is 2910. The lowest BCUT2D eigenvalue weighted by atomic mass is 10.1. The lowest BCUT2D eigenvalue weighted by molar-refractivity contribution is -0.193. The summed E-state index contributed by atoms with van der Waals surface area (Å²) in [6, 6.07) is 25.0. The number of rotatable bonds is 9. The van der Waals surface area contributed by atoms with Crippen LogP contribution in [-0.2, 0) is 36.2 Å². The van der Waals surface area contributed by atoms with Gasteiger partial charge in [-0.3, -0.25) is 9.69 Å². The quantitative estimate of drug-likeness (QED) is 0.0966. The molecule has 3 heterocycles. The van der Waals surface area contributed by atoms with Crippen LogP contribution in [0.2, 0.25) is 0 Å². The number of hydrogen-bond donors (Lipinski definition) is 3. The Kier molecular flexibility index (Phi) is 16.8. The molecule has 1 atom stereocenters. The van der Waals surface area contributed by atoms with Crippen LogP contribution < -0.4 is 14.8 Å². The molecule has 4 aromatic carbocycles. The van der Waals surface area contributed by atoms with Crippen LogP contribution in [-0.4, -0.2) is 110 Å². The molecule has 0 bridgehead atoms. The Balaban J connectivity index is 0.000000228. The van der Waals surface area contributed by atoms with Crippen LogP contribution in [0.4, 0.5) is 26.3 Å². The molecule has 356 valence electrons. The van der Waals surface area contributed by atoms with E-state index in [2.05, 4.69) is 23.2 Å². The number of ether oxygens (including phenoxy) is 2. The number of carboxylic acid groups (broad SMARTS) is 2. The van der Waals surface area contributed by atoms with E-state index in [0.717, 1.165) is 48.3 Å². The number of aromatic nitrogens is 2. The molecule has 0 saturated carbocycles. The van der Waals surface area contributed by atoms with Gasteiger partial charge in [0.1, 0.15) is 21.3 Å². The van der Waals surface area contributed by atoms with E-state index in [4.69, 9.17) is 29.3 Å². The molecular formula is C43H44F6N4O11S2. The first kappa shape index (κ1) is 52.2. The van der Waals surface area contributed by atoms with Gasteiger partial charge in [-0.25, -0.2) is 34.4 Å². The predicted molar refractivity (Wildman–Crippen MR) is 230 cm³/mol. The molecule has 2 aromatic heterocycles. The van der Waals surface area contributed by atoms with E-state index in [0.29, 0.717) is 40.1 Å². The maximum atomic E-state index is 13.4. The first-order valence-corrected chi connectivity index (χ1v) is 22.2. The van der Waals surface area contributed by atoms with Gasteiger partial charge < -0.3 is 25.0 Å². The van der Waals surface area contributed by atoms with Crippen LogP contribution in [0.25, 0.3) is 21.8 Å². The minimum atomic E-state index is -5.08. The van der Waals surface area contributed by atoms with Crippen molar-refractivity contribution in [2.45, 2.75) is 55.5 Å². The summed E-state index contributed by atoms with van der Waals surface area (Å²) in [6.45, 7) is 9.62. The van der Waals surface area contributed by atoms with Crippen LogP contribution in [0.5, 0.6) is 11.5 Å². The summed E-state index contributed by atoms with van der Waals surface area (Å²) in [5, 5.41) is 19.3. The number of halogens is 6. The van der Waals surface area contributed by atoms with Crippen molar-refractivity contribution in [3.63, 3.8) is 0 Å². The van der Waals surface area contributed by atoms with Crippen molar-refractivity contribution in [3.8, 4) is 11.5 Å². The third-order valence-corrected chi connectivity index (χ3v) is 13.1. The minimum absolute atomic E-state index is 0.0917. The fourth-order valence-electron chi connectivity index (χ4n) is 6.61. The molecule has 0 aliphatic carbocycles. The zero-order valence-corrected chi connectivity index (χ0v) is 37.3. The molecule has 1 fully saturated rings. The van der Waals surface area contributed by atoms with Crippen molar-refractivity contribution < 1.29 is 77.2 Å². The highest BCUT2D eigenvalue weighted by Crippen LogP contribution is 2.32. The van der Waals surface area contributed by atoms with Crippen molar-refractivity contribution in [2.24, 2.45) is 0 Å². The summed E-state index contributed by atoms with van der Waals surface area (Å²) in [4.78, 5) is 31.6. The Morgan fingerprint density at radius 2 is 1.17 bits per heavy atom. The third kappa shape index (κ3) is 12.5. The van der Waals surface area contributed by atoms with Gasteiger partial charge in [0.05, 0.1) is 25.3 Å². The highest BCUT2D eigenvalue weighted by molar-refractivity contribution is 7.90. The van der Waals surface area contributed by atoms with Crippen molar-refractivity contribution in [2.75, 3.05) is 33.9 Å². The Labute approximate surface area is 374 Å². The van der Waals surface area contributed by atoms with E-state index in [9.17, 15) is 48.0 Å². The number of carboxylic acids is 2. The lowest BCUT2D eigenvalue weighted by Gasteiger charge is -2.32. The molecule has 23 heteroatoms. The minimum Gasteiger partial charge on any atom is -0.495 e. The van der Waals surface area contributed by atoms with E-state index in [1.807, 2.05) is 38.1 Å². The highest BCUT2D eigenvalue weighted by Gasteiger charge is 2.39. The number of fused-ring (bicyclic) bond motifs is 2. The van der Waals surface area contributed by atoms with Crippen molar-refractivity contribution in [1.29, 1.82) is 0 Å². The Hall–Kier alpha value is -6.43. The van der Waals surface area contributed by atoms with Gasteiger partial charge in [-0.1, -0.05) is 36.4 Å². The smallest absolute Gasteiger partial charge is 0.490 e. The van der Waals surface area contributed by atoms with Gasteiger partial charge >= 0.3 is 24.3 Å². The highest BCUT2D eigenvalue weighted by atomic mass is 32.2.